The van der Waals surface area contributed by atoms with E-state index in [1.807, 2.05) is 36.4 Å². The van der Waals surface area contributed by atoms with Crippen LogP contribution >= 0.6 is 0 Å². The summed E-state index contributed by atoms with van der Waals surface area (Å²) in [5, 5.41) is 9.70. The highest BCUT2D eigenvalue weighted by atomic mass is 16.3. The number of nitrogens with zero attached hydrogens (tertiary/aromatic N) is 2. The van der Waals surface area contributed by atoms with Crippen molar-refractivity contribution in [3.05, 3.63) is 194 Å². The van der Waals surface area contributed by atoms with Gasteiger partial charge in [-0.25, -0.2) is 9.97 Å². The van der Waals surface area contributed by atoms with Crippen LogP contribution in [0.1, 0.15) is 0 Å². The van der Waals surface area contributed by atoms with Crippen molar-refractivity contribution in [1.29, 1.82) is 0 Å². The van der Waals surface area contributed by atoms with Gasteiger partial charge >= 0.3 is 0 Å². The smallest absolute Gasteiger partial charge is 0.160 e. The van der Waals surface area contributed by atoms with E-state index in [4.69, 9.17) is 14.4 Å². The highest BCUT2D eigenvalue weighted by Gasteiger charge is 2.16. The molecule has 0 bridgehead atoms. The first-order valence-corrected chi connectivity index (χ1v) is 18.6. The first kappa shape index (κ1) is 31.2. The predicted octanol–water partition coefficient (Wildman–Crippen LogP) is 14.2. The van der Waals surface area contributed by atoms with Crippen molar-refractivity contribution < 1.29 is 4.42 Å². The Kier molecular flexibility index (Phi) is 7.17. The monoisotopic (exact) mass is 700 g/mol. The van der Waals surface area contributed by atoms with Crippen molar-refractivity contribution in [2.24, 2.45) is 0 Å². The van der Waals surface area contributed by atoms with E-state index < -0.39 is 0 Å². The number of aromatic nitrogens is 2. The number of hydrogen-bond donors (Lipinski definition) is 0. The third-order valence-electron chi connectivity index (χ3n) is 10.9. The zero-order chi connectivity index (χ0) is 36.3. The molecule has 11 rings (SSSR count). The van der Waals surface area contributed by atoms with Crippen LogP contribution < -0.4 is 0 Å². The van der Waals surface area contributed by atoms with Gasteiger partial charge in [-0.3, -0.25) is 0 Å². The maximum atomic E-state index is 6.34. The van der Waals surface area contributed by atoms with Gasteiger partial charge in [-0.1, -0.05) is 158 Å². The Bertz CT molecular complexity index is 3200. The average molecular weight is 701 g/mol. The second-order valence-electron chi connectivity index (χ2n) is 14.1. The number of fused-ring (bicyclic) bond motifs is 9. The number of benzene rings is 9. The van der Waals surface area contributed by atoms with Crippen LogP contribution in [0, 0.1) is 0 Å². The fourth-order valence-electron chi connectivity index (χ4n) is 8.24. The van der Waals surface area contributed by atoms with Crippen molar-refractivity contribution in [2.75, 3.05) is 0 Å². The number of furan rings is 1. The SMILES string of the molecule is c1ccc(-c2cc(-c3cccc(-c4ccc5c(c4)c4ccccc4c4cccc(-c6ccc7c(c6)oc6ccccc67)c45)c3)nc(-c3ccccc3)n2)cc1. The maximum Gasteiger partial charge on any atom is 0.160 e. The van der Waals surface area contributed by atoms with Gasteiger partial charge < -0.3 is 4.42 Å². The van der Waals surface area contributed by atoms with Gasteiger partial charge in [-0.2, -0.15) is 0 Å². The minimum Gasteiger partial charge on any atom is -0.456 e. The van der Waals surface area contributed by atoms with Gasteiger partial charge in [-0.05, 0) is 91.0 Å². The van der Waals surface area contributed by atoms with Gasteiger partial charge in [0.25, 0.3) is 0 Å². The summed E-state index contributed by atoms with van der Waals surface area (Å²) in [5.41, 5.74) is 11.3. The van der Waals surface area contributed by atoms with Gasteiger partial charge in [0.05, 0.1) is 11.4 Å². The lowest BCUT2D eigenvalue weighted by Gasteiger charge is -2.16. The third kappa shape index (κ3) is 5.28. The first-order valence-electron chi connectivity index (χ1n) is 18.6. The van der Waals surface area contributed by atoms with Crippen LogP contribution in [0.5, 0.6) is 0 Å². The summed E-state index contributed by atoms with van der Waals surface area (Å²) in [6, 6.07) is 68.7. The molecule has 55 heavy (non-hydrogen) atoms. The van der Waals surface area contributed by atoms with Crippen molar-refractivity contribution >= 4 is 54.3 Å². The lowest BCUT2D eigenvalue weighted by Crippen LogP contribution is -1.96. The molecular formula is C52H32N2O. The molecule has 0 radical (unpaired) electrons. The largest absolute Gasteiger partial charge is 0.456 e. The van der Waals surface area contributed by atoms with E-state index in [9.17, 15) is 0 Å². The molecule has 0 spiro atoms. The highest BCUT2D eigenvalue weighted by Crippen LogP contribution is 2.43. The molecule has 11 aromatic rings. The predicted molar refractivity (Wildman–Crippen MR) is 229 cm³/mol. The summed E-state index contributed by atoms with van der Waals surface area (Å²) >= 11 is 0. The van der Waals surface area contributed by atoms with Crippen molar-refractivity contribution in [3.8, 4) is 56.2 Å². The molecule has 3 nitrogen and oxygen atoms in total. The zero-order valence-corrected chi connectivity index (χ0v) is 29.8. The average Bonchev–Trinajstić information content (AvgIpc) is 3.64. The van der Waals surface area contributed by atoms with E-state index in [0.717, 1.165) is 66.7 Å². The van der Waals surface area contributed by atoms with Crippen LogP contribution in [0.15, 0.2) is 199 Å². The minimum absolute atomic E-state index is 0.710. The summed E-state index contributed by atoms with van der Waals surface area (Å²) in [4.78, 5) is 10.1. The number of para-hydroxylation sites is 1. The standard InChI is InChI=1S/C52H32N2O/c1-3-13-33(14-4-1)47-32-48(54-52(53-47)34-15-5-2-6-16-34)38-18-11-17-35(29-38)36-25-28-45-46(30-36)41-20-8-7-19-40(41)44-23-12-22-39(51(44)45)37-26-27-43-42-21-9-10-24-49(42)55-50(43)31-37/h1-32H. The molecule has 0 fully saturated rings. The highest BCUT2D eigenvalue weighted by molar-refractivity contribution is 6.29. The van der Waals surface area contributed by atoms with Crippen LogP contribution in [0.25, 0.3) is 110 Å². The topological polar surface area (TPSA) is 38.9 Å². The Hall–Kier alpha value is -7.36. The second-order valence-corrected chi connectivity index (χ2v) is 14.1. The molecule has 2 heterocycles. The molecule has 0 N–H and O–H groups in total. The zero-order valence-electron chi connectivity index (χ0n) is 29.8. The van der Waals surface area contributed by atoms with Crippen LogP contribution in [-0.4, -0.2) is 9.97 Å². The molecule has 2 aromatic heterocycles. The Morgan fingerprint density at radius 1 is 0.291 bits per heavy atom. The lowest BCUT2D eigenvalue weighted by atomic mass is 9.88. The summed E-state index contributed by atoms with van der Waals surface area (Å²) in [6.45, 7) is 0. The van der Waals surface area contributed by atoms with E-state index in [1.165, 1.54) is 37.9 Å². The molecule has 0 aliphatic carbocycles. The molecule has 0 saturated carbocycles. The summed E-state index contributed by atoms with van der Waals surface area (Å²) in [5.74, 6) is 0.710. The second kappa shape index (κ2) is 12.6. The van der Waals surface area contributed by atoms with E-state index in [2.05, 4.69) is 158 Å². The summed E-state index contributed by atoms with van der Waals surface area (Å²) in [7, 11) is 0. The maximum absolute atomic E-state index is 6.34. The van der Waals surface area contributed by atoms with Crippen LogP contribution in [0.4, 0.5) is 0 Å². The molecule has 3 heteroatoms. The van der Waals surface area contributed by atoms with Gasteiger partial charge in [0.2, 0.25) is 0 Å². The molecule has 9 aromatic carbocycles. The normalized spacial score (nSPS) is 11.6. The Morgan fingerprint density at radius 3 is 1.65 bits per heavy atom. The fourth-order valence-corrected chi connectivity index (χ4v) is 8.24. The number of rotatable bonds is 5. The minimum atomic E-state index is 0.710. The van der Waals surface area contributed by atoms with E-state index in [-0.39, 0.29) is 0 Å². The van der Waals surface area contributed by atoms with Gasteiger partial charge in [0.1, 0.15) is 11.2 Å². The van der Waals surface area contributed by atoms with Gasteiger partial charge in [-0.15, -0.1) is 0 Å². The van der Waals surface area contributed by atoms with Crippen molar-refractivity contribution in [3.63, 3.8) is 0 Å². The molecule has 0 aliphatic rings. The van der Waals surface area contributed by atoms with Crippen LogP contribution in [0.3, 0.4) is 0 Å². The lowest BCUT2D eigenvalue weighted by molar-refractivity contribution is 0.669. The van der Waals surface area contributed by atoms with Gasteiger partial charge in [0.15, 0.2) is 5.82 Å². The van der Waals surface area contributed by atoms with Crippen molar-refractivity contribution in [2.45, 2.75) is 0 Å². The molecule has 0 aliphatic heterocycles. The molecule has 256 valence electrons. The summed E-state index contributed by atoms with van der Waals surface area (Å²) in [6.07, 6.45) is 0. The summed E-state index contributed by atoms with van der Waals surface area (Å²) < 4.78 is 6.34. The molecular weight excluding hydrogens is 669 g/mol. The molecule has 0 amide bonds. The van der Waals surface area contributed by atoms with Crippen LogP contribution in [0.2, 0.25) is 0 Å². The quantitative estimate of drug-likeness (QED) is 0.168. The molecule has 0 unspecified atom stereocenters. The third-order valence-corrected chi connectivity index (χ3v) is 10.9. The Labute approximate surface area is 317 Å². The molecule has 0 atom stereocenters. The first-order chi connectivity index (χ1) is 27.2. The Balaban J connectivity index is 1.08. The van der Waals surface area contributed by atoms with E-state index in [1.54, 1.807) is 0 Å². The van der Waals surface area contributed by atoms with E-state index >= 15 is 0 Å². The van der Waals surface area contributed by atoms with Gasteiger partial charge in [0, 0.05) is 27.5 Å². The van der Waals surface area contributed by atoms with Crippen LogP contribution in [-0.2, 0) is 0 Å². The van der Waals surface area contributed by atoms with E-state index in [0.29, 0.717) is 5.82 Å². The Morgan fingerprint density at radius 2 is 0.836 bits per heavy atom. The number of hydrogen-bond acceptors (Lipinski definition) is 3. The fraction of sp³-hybridized carbons (Fsp3) is 0. The van der Waals surface area contributed by atoms with Crippen molar-refractivity contribution in [1.82, 2.24) is 9.97 Å². The molecule has 0 saturated heterocycles.